The molecule has 1 heterocycles. The van der Waals surface area contributed by atoms with Gasteiger partial charge in [-0.3, -0.25) is 9.59 Å². The average molecular weight is 436 g/mol. The summed E-state index contributed by atoms with van der Waals surface area (Å²) in [6.07, 6.45) is 1.77. The van der Waals surface area contributed by atoms with Gasteiger partial charge in [-0.25, -0.2) is 8.78 Å². The lowest BCUT2D eigenvalue weighted by atomic mass is 10.0. The summed E-state index contributed by atoms with van der Waals surface area (Å²) in [6, 6.07) is 7.77. The van der Waals surface area contributed by atoms with E-state index in [-0.39, 0.29) is 27.9 Å². The number of hydrogen-bond donors (Lipinski definition) is 2. The molecule has 5 nitrogen and oxygen atoms in total. The van der Waals surface area contributed by atoms with Crippen LogP contribution < -0.4 is 15.5 Å². The van der Waals surface area contributed by atoms with Crippen molar-refractivity contribution in [3.63, 3.8) is 0 Å². The number of hydrogen-bond acceptors (Lipinski definition) is 3. The summed E-state index contributed by atoms with van der Waals surface area (Å²) in [7, 11) is 0. The predicted octanol–water partition coefficient (Wildman–Crippen LogP) is 4.61. The van der Waals surface area contributed by atoms with Crippen LogP contribution in [0, 0.1) is 17.6 Å². The van der Waals surface area contributed by atoms with E-state index >= 15 is 0 Å². The zero-order valence-corrected chi connectivity index (χ0v) is 17.6. The smallest absolute Gasteiger partial charge is 0.253 e. The summed E-state index contributed by atoms with van der Waals surface area (Å²) < 4.78 is 29.1. The molecule has 2 amide bonds. The molecule has 1 aliphatic rings. The first-order valence-electron chi connectivity index (χ1n) is 9.88. The van der Waals surface area contributed by atoms with E-state index in [1.807, 2.05) is 0 Å². The summed E-state index contributed by atoms with van der Waals surface area (Å²) in [6.45, 7) is 4.72. The number of carbonyl (C=O) groups excluding carboxylic acids is 2. The molecule has 0 saturated carbocycles. The second-order valence-electron chi connectivity index (χ2n) is 7.65. The van der Waals surface area contributed by atoms with Crippen molar-refractivity contribution in [2.45, 2.75) is 32.7 Å². The fourth-order valence-corrected chi connectivity index (χ4v) is 3.72. The molecule has 1 fully saturated rings. The first-order chi connectivity index (χ1) is 14.3. The maximum absolute atomic E-state index is 14.5. The summed E-state index contributed by atoms with van der Waals surface area (Å²) in [5.41, 5.74) is 0.165. The van der Waals surface area contributed by atoms with Gasteiger partial charge in [0.25, 0.3) is 5.91 Å². The summed E-state index contributed by atoms with van der Waals surface area (Å²) in [5.74, 6) is -2.80. The highest BCUT2D eigenvalue weighted by Gasteiger charge is 2.27. The third-order valence-electron chi connectivity index (χ3n) is 5.06. The van der Waals surface area contributed by atoms with E-state index in [4.69, 9.17) is 11.6 Å². The monoisotopic (exact) mass is 435 g/mol. The molecule has 1 unspecified atom stereocenters. The number of rotatable bonds is 6. The molecule has 2 aromatic carbocycles. The molecule has 3 rings (SSSR count). The number of benzene rings is 2. The molecular weight excluding hydrogens is 412 g/mol. The lowest BCUT2D eigenvalue weighted by Gasteiger charge is -2.23. The molecule has 8 heteroatoms. The molecule has 0 aliphatic carbocycles. The van der Waals surface area contributed by atoms with Gasteiger partial charge in [0.15, 0.2) is 11.6 Å². The minimum atomic E-state index is -0.918. The summed E-state index contributed by atoms with van der Waals surface area (Å²) in [4.78, 5) is 27.0. The van der Waals surface area contributed by atoms with E-state index in [2.05, 4.69) is 10.6 Å². The van der Waals surface area contributed by atoms with Crippen LogP contribution in [0.5, 0.6) is 0 Å². The molecule has 0 bridgehead atoms. The Morgan fingerprint density at radius 3 is 2.23 bits per heavy atom. The normalized spacial score (nSPS) is 14.7. The Kier molecular flexibility index (Phi) is 6.92. The van der Waals surface area contributed by atoms with Crippen LogP contribution in [0.25, 0.3) is 0 Å². The van der Waals surface area contributed by atoms with Crippen molar-refractivity contribution < 1.29 is 18.4 Å². The SMILES string of the molecule is CC(C)C(NC(=O)c1ccccc1Cl)C(=O)Nc1cc(F)c(N2CCCC2)c(F)c1. The van der Waals surface area contributed by atoms with E-state index < -0.39 is 29.5 Å². The van der Waals surface area contributed by atoms with Gasteiger partial charge in [0.1, 0.15) is 11.7 Å². The van der Waals surface area contributed by atoms with Gasteiger partial charge >= 0.3 is 0 Å². The van der Waals surface area contributed by atoms with E-state index in [0.29, 0.717) is 13.1 Å². The van der Waals surface area contributed by atoms with Crippen LogP contribution in [0.4, 0.5) is 20.2 Å². The highest BCUT2D eigenvalue weighted by Crippen LogP contribution is 2.30. The second kappa shape index (κ2) is 9.43. The molecule has 2 N–H and O–H groups in total. The Morgan fingerprint density at radius 1 is 1.07 bits per heavy atom. The predicted molar refractivity (Wildman–Crippen MR) is 114 cm³/mol. The van der Waals surface area contributed by atoms with Crippen LogP contribution >= 0.6 is 11.6 Å². The third-order valence-corrected chi connectivity index (χ3v) is 5.39. The van der Waals surface area contributed by atoms with Crippen molar-refractivity contribution in [2.24, 2.45) is 5.92 Å². The van der Waals surface area contributed by atoms with Crippen LogP contribution in [0.2, 0.25) is 5.02 Å². The van der Waals surface area contributed by atoms with Crippen molar-refractivity contribution in [2.75, 3.05) is 23.3 Å². The van der Waals surface area contributed by atoms with Gasteiger partial charge < -0.3 is 15.5 Å². The van der Waals surface area contributed by atoms with E-state index in [1.165, 1.54) is 0 Å². The highest BCUT2D eigenvalue weighted by molar-refractivity contribution is 6.33. The zero-order valence-electron chi connectivity index (χ0n) is 16.8. The fourth-order valence-electron chi connectivity index (χ4n) is 3.50. The minimum Gasteiger partial charge on any atom is -0.367 e. The zero-order chi connectivity index (χ0) is 21.8. The van der Waals surface area contributed by atoms with Gasteiger partial charge in [-0.05, 0) is 43.0 Å². The molecule has 0 radical (unpaired) electrons. The maximum Gasteiger partial charge on any atom is 0.253 e. The Labute approximate surface area is 179 Å². The van der Waals surface area contributed by atoms with Gasteiger partial charge in [-0.2, -0.15) is 0 Å². The molecule has 1 aliphatic heterocycles. The first kappa shape index (κ1) is 22.0. The maximum atomic E-state index is 14.5. The quantitative estimate of drug-likeness (QED) is 0.696. The molecular formula is C22H24ClF2N3O2. The van der Waals surface area contributed by atoms with Crippen LogP contribution in [0.3, 0.4) is 0 Å². The topological polar surface area (TPSA) is 61.4 Å². The minimum absolute atomic E-state index is 0.00408. The number of nitrogens with one attached hydrogen (secondary N) is 2. The van der Waals surface area contributed by atoms with Crippen LogP contribution in [0.15, 0.2) is 36.4 Å². The van der Waals surface area contributed by atoms with Crippen molar-refractivity contribution in [3.05, 3.63) is 58.6 Å². The third kappa shape index (κ3) is 4.90. The van der Waals surface area contributed by atoms with Crippen LogP contribution in [0.1, 0.15) is 37.0 Å². The van der Waals surface area contributed by atoms with Gasteiger partial charge in [0, 0.05) is 18.8 Å². The Hall–Kier alpha value is -2.67. The molecule has 30 heavy (non-hydrogen) atoms. The molecule has 1 atom stereocenters. The number of amides is 2. The summed E-state index contributed by atoms with van der Waals surface area (Å²) >= 11 is 6.05. The lowest BCUT2D eigenvalue weighted by Crippen LogP contribution is -2.47. The van der Waals surface area contributed by atoms with Crippen LogP contribution in [-0.4, -0.2) is 30.9 Å². The largest absolute Gasteiger partial charge is 0.367 e. The highest BCUT2D eigenvalue weighted by atomic mass is 35.5. The molecule has 2 aromatic rings. The Morgan fingerprint density at radius 2 is 1.67 bits per heavy atom. The Balaban J connectivity index is 1.75. The first-order valence-corrected chi connectivity index (χ1v) is 10.3. The number of halogens is 3. The second-order valence-corrected chi connectivity index (χ2v) is 8.05. The van der Waals surface area contributed by atoms with E-state index in [1.54, 1.807) is 43.0 Å². The van der Waals surface area contributed by atoms with Gasteiger partial charge in [-0.15, -0.1) is 0 Å². The molecule has 0 spiro atoms. The number of anilines is 2. The number of nitrogens with zero attached hydrogens (tertiary/aromatic N) is 1. The van der Waals surface area contributed by atoms with E-state index in [9.17, 15) is 18.4 Å². The van der Waals surface area contributed by atoms with Gasteiger partial charge in [0.05, 0.1) is 10.6 Å². The Bertz CT molecular complexity index is 923. The van der Waals surface area contributed by atoms with Crippen molar-refractivity contribution >= 4 is 34.8 Å². The van der Waals surface area contributed by atoms with Crippen molar-refractivity contribution in [1.29, 1.82) is 0 Å². The summed E-state index contributed by atoms with van der Waals surface area (Å²) in [5, 5.41) is 5.42. The van der Waals surface area contributed by atoms with Crippen LogP contribution in [-0.2, 0) is 4.79 Å². The molecule has 160 valence electrons. The number of carbonyl (C=O) groups is 2. The van der Waals surface area contributed by atoms with Gasteiger partial charge in [-0.1, -0.05) is 37.6 Å². The molecule has 0 aromatic heterocycles. The van der Waals surface area contributed by atoms with Crippen molar-refractivity contribution in [3.8, 4) is 0 Å². The van der Waals surface area contributed by atoms with E-state index in [0.717, 1.165) is 25.0 Å². The fraction of sp³-hybridized carbons (Fsp3) is 0.364. The van der Waals surface area contributed by atoms with Gasteiger partial charge in [0.2, 0.25) is 5.91 Å². The standard InChI is InChI=1S/C22H24ClF2N3O2/c1-13(2)19(27-21(29)15-7-3-4-8-16(15)23)22(30)26-14-11-17(24)20(18(25)12-14)28-9-5-6-10-28/h3-4,7-8,11-13,19H,5-6,9-10H2,1-2H3,(H,26,30)(H,27,29). The average Bonchev–Trinajstić information content (AvgIpc) is 3.19. The lowest BCUT2D eigenvalue weighted by molar-refractivity contribution is -0.118. The van der Waals surface area contributed by atoms with Crippen molar-refractivity contribution in [1.82, 2.24) is 5.32 Å². The molecule has 1 saturated heterocycles.